The maximum atomic E-state index is 10.7. The van der Waals surface area contributed by atoms with E-state index in [1.807, 2.05) is 13.8 Å². The Balaban J connectivity index is 0.000000561. The van der Waals surface area contributed by atoms with Gasteiger partial charge >= 0.3 is 0 Å². The van der Waals surface area contributed by atoms with E-state index in [4.69, 9.17) is 0 Å². The van der Waals surface area contributed by atoms with Crippen LogP contribution in [0.25, 0.3) is 0 Å². The lowest BCUT2D eigenvalue weighted by molar-refractivity contribution is -0.116. The molecule has 0 aliphatic rings. The van der Waals surface area contributed by atoms with Crippen molar-refractivity contribution in [2.75, 3.05) is 5.32 Å². The zero-order valence-corrected chi connectivity index (χ0v) is 7.63. The summed E-state index contributed by atoms with van der Waals surface area (Å²) >= 11 is 0. The van der Waals surface area contributed by atoms with Crippen LogP contribution >= 0.6 is 0 Å². The number of carbonyl (C=O) groups is 1. The Hall–Kier alpha value is -1.32. The molecule has 4 heteroatoms. The predicted octanol–water partition coefficient (Wildman–Crippen LogP) is 2.05. The van der Waals surface area contributed by atoms with Crippen molar-refractivity contribution >= 4 is 11.8 Å². The molecule has 0 fully saturated rings. The van der Waals surface area contributed by atoms with Gasteiger partial charge in [-0.1, -0.05) is 25.9 Å². The van der Waals surface area contributed by atoms with E-state index in [0.29, 0.717) is 12.3 Å². The van der Waals surface area contributed by atoms with E-state index in [0.717, 1.165) is 0 Å². The van der Waals surface area contributed by atoms with Gasteiger partial charge in [-0.3, -0.25) is 10.1 Å². The highest BCUT2D eigenvalue weighted by atomic mass is 16.5. The van der Waals surface area contributed by atoms with Crippen molar-refractivity contribution in [1.29, 1.82) is 0 Å². The summed E-state index contributed by atoms with van der Waals surface area (Å²) in [5, 5.41) is 5.92. The number of anilines is 1. The molecule has 0 spiro atoms. The zero-order valence-electron chi connectivity index (χ0n) is 7.63. The van der Waals surface area contributed by atoms with Crippen molar-refractivity contribution in [1.82, 2.24) is 5.16 Å². The van der Waals surface area contributed by atoms with Gasteiger partial charge in [0.2, 0.25) is 11.8 Å². The highest BCUT2D eigenvalue weighted by molar-refractivity contribution is 5.88. The lowest BCUT2D eigenvalue weighted by Crippen LogP contribution is -2.08. The summed E-state index contributed by atoms with van der Waals surface area (Å²) in [7, 11) is 0. The summed E-state index contributed by atoms with van der Waals surface area (Å²) < 4.78 is 4.62. The molecule has 0 unspecified atom stereocenters. The Kier molecular flexibility index (Phi) is 5.69. The monoisotopic (exact) mass is 170 g/mol. The molecule has 1 heterocycles. The Morgan fingerprint density at radius 2 is 2.33 bits per heavy atom. The van der Waals surface area contributed by atoms with Crippen molar-refractivity contribution in [2.45, 2.75) is 27.2 Å². The van der Waals surface area contributed by atoms with Gasteiger partial charge in [0, 0.05) is 12.5 Å². The average Bonchev–Trinajstić information content (AvgIpc) is 2.60. The SMILES string of the molecule is CC.CCC(=O)Nc1ccno1. The maximum absolute atomic E-state index is 10.7. The van der Waals surface area contributed by atoms with Gasteiger partial charge in [-0.25, -0.2) is 0 Å². The van der Waals surface area contributed by atoms with Crippen molar-refractivity contribution in [2.24, 2.45) is 0 Å². The number of rotatable bonds is 2. The number of nitrogens with one attached hydrogen (secondary N) is 1. The number of aromatic nitrogens is 1. The Morgan fingerprint density at radius 3 is 2.75 bits per heavy atom. The lowest BCUT2D eigenvalue weighted by Gasteiger charge is -1.94. The van der Waals surface area contributed by atoms with E-state index >= 15 is 0 Å². The molecular weight excluding hydrogens is 156 g/mol. The first-order valence-corrected chi connectivity index (χ1v) is 4.03. The minimum absolute atomic E-state index is 0.0725. The third-order valence-electron chi connectivity index (χ3n) is 1.02. The van der Waals surface area contributed by atoms with Gasteiger partial charge in [0.25, 0.3) is 0 Å². The van der Waals surface area contributed by atoms with Crippen molar-refractivity contribution in [3.63, 3.8) is 0 Å². The third kappa shape index (κ3) is 3.75. The molecule has 1 N–H and O–H groups in total. The van der Waals surface area contributed by atoms with Crippen LogP contribution in [0.2, 0.25) is 0 Å². The van der Waals surface area contributed by atoms with Gasteiger partial charge in [0.15, 0.2) is 0 Å². The zero-order chi connectivity index (χ0) is 9.40. The van der Waals surface area contributed by atoms with Crippen molar-refractivity contribution < 1.29 is 9.32 Å². The molecule has 1 amide bonds. The molecule has 0 bridgehead atoms. The van der Waals surface area contributed by atoms with E-state index < -0.39 is 0 Å². The molecule has 0 aromatic carbocycles. The Labute approximate surface area is 71.9 Å². The predicted molar refractivity (Wildman–Crippen MR) is 46.8 cm³/mol. The van der Waals surface area contributed by atoms with Crippen LogP contribution in [0.1, 0.15) is 27.2 Å². The smallest absolute Gasteiger partial charge is 0.231 e. The van der Waals surface area contributed by atoms with Crippen molar-refractivity contribution in [3.05, 3.63) is 12.3 Å². The van der Waals surface area contributed by atoms with Gasteiger partial charge in [0.1, 0.15) is 0 Å². The molecule has 4 nitrogen and oxygen atoms in total. The number of hydrogen-bond donors (Lipinski definition) is 1. The van der Waals surface area contributed by atoms with Crippen LogP contribution in [0.15, 0.2) is 16.8 Å². The molecule has 68 valence electrons. The quantitative estimate of drug-likeness (QED) is 0.739. The van der Waals surface area contributed by atoms with Crippen molar-refractivity contribution in [3.8, 4) is 0 Å². The summed E-state index contributed by atoms with van der Waals surface area (Å²) in [6.45, 7) is 5.77. The second-order valence-electron chi connectivity index (χ2n) is 1.78. The van der Waals surface area contributed by atoms with Gasteiger partial charge in [-0.2, -0.15) is 0 Å². The highest BCUT2D eigenvalue weighted by Crippen LogP contribution is 2.03. The lowest BCUT2D eigenvalue weighted by atomic mass is 10.4. The average molecular weight is 170 g/mol. The number of hydrogen-bond acceptors (Lipinski definition) is 3. The first-order valence-electron chi connectivity index (χ1n) is 4.03. The summed E-state index contributed by atoms with van der Waals surface area (Å²) in [6.07, 6.45) is 1.92. The van der Waals surface area contributed by atoms with Gasteiger partial charge in [0.05, 0.1) is 6.20 Å². The molecule has 0 saturated carbocycles. The second kappa shape index (κ2) is 6.39. The second-order valence-corrected chi connectivity index (χ2v) is 1.78. The fraction of sp³-hybridized carbons (Fsp3) is 0.500. The molecule has 0 radical (unpaired) electrons. The Bertz CT molecular complexity index is 207. The van der Waals surface area contributed by atoms with E-state index in [2.05, 4.69) is 15.0 Å². The number of amides is 1. The summed E-state index contributed by atoms with van der Waals surface area (Å²) in [4.78, 5) is 10.7. The van der Waals surface area contributed by atoms with Crippen LogP contribution in [0.3, 0.4) is 0 Å². The maximum Gasteiger partial charge on any atom is 0.231 e. The topological polar surface area (TPSA) is 55.1 Å². The van der Waals surface area contributed by atoms with E-state index in [-0.39, 0.29) is 5.91 Å². The normalized spacial score (nSPS) is 8.25. The molecule has 0 saturated heterocycles. The first kappa shape index (κ1) is 10.7. The highest BCUT2D eigenvalue weighted by Gasteiger charge is 1.99. The number of carbonyl (C=O) groups excluding carboxylic acids is 1. The molecule has 1 aromatic heterocycles. The summed E-state index contributed by atoms with van der Waals surface area (Å²) in [6, 6.07) is 1.59. The summed E-state index contributed by atoms with van der Waals surface area (Å²) in [5.41, 5.74) is 0. The fourth-order valence-corrected chi connectivity index (χ4v) is 0.506. The van der Waals surface area contributed by atoms with Crippen LogP contribution in [-0.2, 0) is 4.79 Å². The Morgan fingerprint density at radius 1 is 1.67 bits per heavy atom. The van der Waals surface area contributed by atoms with Crippen LogP contribution in [0, 0.1) is 0 Å². The third-order valence-corrected chi connectivity index (χ3v) is 1.02. The van der Waals surface area contributed by atoms with E-state index in [9.17, 15) is 4.79 Å². The van der Waals surface area contributed by atoms with Crippen LogP contribution in [-0.4, -0.2) is 11.1 Å². The van der Waals surface area contributed by atoms with Crippen LogP contribution in [0.4, 0.5) is 5.88 Å². The molecule has 1 aromatic rings. The molecule has 0 aliphatic carbocycles. The standard InChI is InChI=1S/C6H8N2O2.C2H6/c1-2-5(9)8-6-3-4-7-10-6;1-2/h3-4H,2H2,1H3,(H,8,9);1-2H3. The van der Waals surface area contributed by atoms with E-state index in [1.54, 1.807) is 13.0 Å². The summed E-state index contributed by atoms with van der Waals surface area (Å²) in [5.74, 6) is 0.323. The number of nitrogens with zero attached hydrogens (tertiary/aromatic N) is 1. The molecule has 12 heavy (non-hydrogen) atoms. The fourth-order valence-electron chi connectivity index (χ4n) is 0.506. The minimum Gasteiger partial charge on any atom is -0.338 e. The molecule has 0 aliphatic heterocycles. The van der Waals surface area contributed by atoms with Crippen LogP contribution in [0.5, 0.6) is 0 Å². The van der Waals surface area contributed by atoms with Crippen LogP contribution < -0.4 is 5.32 Å². The molecule has 1 rings (SSSR count). The van der Waals surface area contributed by atoms with Gasteiger partial charge in [-0.05, 0) is 0 Å². The minimum atomic E-state index is -0.0725. The molecular formula is C8H14N2O2. The largest absolute Gasteiger partial charge is 0.338 e. The first-order chi connectivity index (χ1) is 5.83. The molecule has 0 atom stereocenters. The van der Waals surface area contributed by atoms with Gasteiger partial charge < -0.3 is 4.52 Å². The van der Waals surface area contributed by atoms with Gasteiger partial charge in [-0.15, -0.1) is 0 Å². The van der Waals surface area contributed by atoms with E-state index in [1.165, 1.54) is 6.20 Å².